The molecular weight excluding hydrogens is 212 g/mol. The van der Waals surface area contributed by atoms with Gasteiger partial charge in [0, 0.05) is 19.3 Å². The van der Waals surface area contributed by atoms with E-state index in [-0.39, 0.29) is 5.75 Å². The van der Waals surface area contributed by atoms with Gasteiger partial charge in [0.1, 0.15) is 5.75 Å². The third-order valence-corrected chi connectivity index (χ3v) is 2.58. The molecule has 1 aromatic carbocycles. The molecule has 0 fully saturated rings. The summed E-state index contributed by atoms with van der Waals surface area (Å²) in [5.41, 5.74) is 1.97. The average molecular weight is 228 g/mol. The molecule has 2 rings (SSSR count). The van der Waals surface area contributed by atoms with Gasteiger partial charge in [-0.2, -0.15) is 0 Å². The summed E-state index contributed by atoms with van der Waals surface area (Å²) < 4.78 is 0. The van der Waals surface area contributed by atoms with E-state index in [1.54, 1.807) is 18.3 Å². The monoisotopic (exact) mass is 228 g/mol. The fourth-order valence-electron chi connectivity index (χ4n) is 1.76. The van der Waals surface area contributed by atoms with Crippen molar-refractivity contribution in [3.05, 3.63) is 59.9 Å². The smallest absolute Gasteiger partial charge is 0.138 e. The number of nitrogens with zero attached hydrogens (tertiary/aromatic N) is 2. The average Bonchev–Trinajstić information content (AvgIpc) is 2.33. The number of hydrogen-bond donors (Lipinski definition) is 1. The fourth-order valence-corrected chi connectivity index (χ4v) is 1.76. The van der Waals surface area contributed by atoms with Crippen LogP contribution in [0.4, 0.5) is 0 Å². The first-order chi connectivity index (χ1) is 8.25. The molecule has 0 saturated carbocycles. The van der Waals surface area contributed by atoms with Crippen molar-refractivity contribution >= 4 is 0 Å². The molecule has 0 amide bonds. The molecule has 1 aromatic heterocycles. The van der Waals surface area contributed by atoms with Crippen LogP contribution < -0.4 is 0 Å². The molecule has 0 bridgehead atoms. The largest absolute Gasteiger partial charge is 0.506 e. The van der Waals surface area contributed by atoms with E-state index in [2.05, 4.69) is 22.0 Å². The highest BCUT2D eigenvalue weighted by Gasteiger charge is 2.06. The second-order valence-electron chi connectivity index (χ2n) is 4.13. The summed E-state index contributed by atoms with van der Waals surface area (Å²) in [6.07, 6.45) is 1.70. The predicted octanol–water partition coefficient (Wildman–Crippen LogP) is 2.42. The van der Waals surface area contributed by atoms with E-state index in [1.165, 1.54) is 5.56 Å². The van der Waals surface area contributed by atoms with Crippen LogP contribution in [0, 0.1) is 0 Å². The van der Waals surface area contributed by atoms with Gasteiger partial charge in [0.25, 0.3) is 0 Å². The summed E-state index contributed by atoms with van der Waals surface area (Å²) in [7, 11) is 2.02. The maximum atomic E-state index is 9.64. The van der Waals surface area contributed by atoms with E-state index in [4.69, 9.17) is 0 Å². The fraction of sp³-hybridized carbons (Fsp3) is 0.214. The predicted molar refractivity (Wildman–Crippen MR) is 67.5 cm³/mol. The van der Waals surface area contributed by atoms with E-state index in [1.807, 2.05) is 25.2 Å². The maximum Gasteiger partial charge on any atom is 0.138 e. The standard InChI is InChI=1S/C14H16N2O/c1-16(10-12-6-3-2-4-7-12)11-13-14(17)8-5-9-15-13/h2-9,17H,10-11H2,1H3. The minimum Gasteiger partial charge on any atom is -0.506 e. The van der Waals surface area contributed by atoms with Gasteiger partial charge < -0.3 is 5.11 Å². The summed E-state index contributed by atoms with van der Waals surface area (Å²) in [5, 5.41) is 9.64. The molecule has 0 aliphatic carbocycles. The van der Waals surface area contributed by atoms with E-state index in [9.17, 15) is 5.11 Å². The Hall–Kier alpha value is -1.87. The van der Waals surface area contributed by atoms with Crippen LogP contribution in [0.2, 0.25) is 0 Å². The van der Waals surface area contributed by atoms with Gasteiger partial charge in [0.05, 0.1) is 5.69 Å². The van der Waals surface area contributed by atoms with Crippen LogP contribution in [0.25, 0.3) is 0 Å². The molecule has 17 heavy (non-hydrogen) atoms. The van der Waals surface area contributed by atoms with Gasteiger partial charge >= 0.3 is 0 Å². The van der Waals surface area contributed by atoms with Gasteiger partial charge in [-0.1, -0.05) is 30.3 Å². The molecule has 1 N–H and O–H groups in total. The molecule has 0 atom stereocenters. The number of aromatic hydroxyl groups is 1. The second-order valence-corrected chi connectivity index (χ2v) is 4.13. The zero-order valence-electron chi connectivity index (χ0n) is 9.87. The Balaban J connectivity index is 1.98. The number of aromatic nitrogens is 1. The first kappa shape index (κ1) is 11.6. The molecule has 0 saturated heterocycles. The van der Waals surface area contributed by atoms with Gasteiger partial charge in [-0.15, -0.1) is 0 Å². The Morgan fingerprint density at radius 1 is 1.06 bits per heavy atom. The highest BCUT2D eigenvalue weighted by atomic mass is 16.3. The minimum absolute atomic E-state index is 0.257. The van der Waals surface area contributed by atoms with Crippen LogP contribution >= 0.6 is 0 Å². The summed E-state index contributed by atoms with van der Waals surface area (Å²) in [4.78, 5) is 6.29. The van der Waals surface area contributed by atoms with Crippen molar-refractivity contribution in [3.8, 4) is 5.75 Å². The van der Waals surface area contributed by atoms with E-state index < -0.39 is 0 Å². The first-order valence-corrected chi connectivity index (χ1v) is 5.61. The van der Waals surface area contributed by atoms with Crippen LogP contribution in [0.15, 0.2) is 48.7 Å². The lowest BCUT2D eigenvalue weighted by Gasteiger charge is -2.16. The number of benzene rings is 1. The maximum absolute atomic E-state index is 9.64. The van der Waals surface area contributed by atoms with Gasteiger partial charge in [-0.25, -0.2) is 0 Å². The van der Waals surface area contributed by atoms with Crippen LogP contribution in [-0.4, -0.2) is 22.0 Å². The lowest BCUT2D eigenvalue weighted by Crippen LogP contribution is -2.17. The minimum atomic E-state index is 0.257. The second kappa shape index (κ2) is 5.46. The molecule has 88 valence electrons. The Labute approximate surface area is 101 Å². The third kappa shape index (κ3) is 3.29. The lowest BCUT2D eigenvalue weighted by molar-refractivity contribution is 0.308. The van der Waals surface area contributed by atoms with Crippen molar-refractivity contribution in [1.82, 2.24) is 9.88 Å². The number of pyridine rings is 1. The van der Waals surface area contributed by atoms with Crippen molar-refractivity contribution in [3.63, 3.8) is 0 Å². The van der Waals surface area contributed by atoms with Crippen molar-refractivity contribution in [2.24, 2.45) is 0 Å². The van der Waals surface area contributed by atoms with Gasteiger partial charge in [-0.3, -0.25) is 9.88 Å². The summed E-state index contributed by atoms with van der Waals surface area (Å²) >= 11 is 0. The van der Waals surface area contributed by atoms with Crippen LogP contribution in [0.1, 0.15) is 11.3 Å². The molecule has 0 unspecified atom stereocenters. The molecule has 3 nitrogen and oxygen atoms in total. The molecule has 1 heterocycles. The summed E-state index contributed by atoms with van der Waals surface area (Å²) in [6, 6.07) is 13.6. The summed E-state index contributed by atoms with van der Waals surface area (Å²) in [6.45, 7) is 1.48. The Morgan fingerprint density at radius 2 is 1.82 bits per heavy atom. The van der Waals surface area contributed by atoms with Crippen molar-refractivity contribution in [1.29, 1.82) is 0 Å². The van der Waals surface area contributed by atoms with Crippen LogP contribution in [0.5, 0.6) is 5.75 Å². The zero-order chi connectivity index (χ0) is 12.1. The SMILES string of the molecule is CN(Cc1ccccc1)Cc1ncccc1O. The van der Waals surface area contributed by atoms with Gasteiger partial charge in [0.2, 0.25) is 0 Å². The van der Waals surface area contributed by atoms with Crippen molar-refractivity contribution < 1.29 is 5.11 Å². The molecule has 0 aliphatic heterocycles. The normalized spacial score (nSPS) is 10.7. The molecule has 0 radical (unpaired) electrons. The lowest BCUT2D eigenvalue weighted by atomic mass is 10.2. The van der Waals surface area contributed by atoms with Gasteiger partial charge in [-0.05, 0) is 24.7 Å². The highest BCUT2D eigenvalue weighted by molar-refractivity contribution is 5.24. The van der Waals surface area contributed by atoms with Crippen molar-refractivity contribution in [2.75, 3.05) is 7.05 Å². The molecular formula is C14H16N2O. The molecule has 0 aliphatic rings. The number of hydrogen-bond acceptors (Lipinski definition) is 3. The Kier molecular flexibility index (Phi) is 3.73. The summed E-state index contributed by atoms with van der Waals surface area (Å²) in [5.74, 6) is 0.257. The third-order valence-electron chi connectivity index (χ3n) is 2.58. The zero-order valence-corrected chi connectivity index (χ0v) is 9.87. The molecule has 2 aromatic rings. The van der Waals surface area contributed by atoms with Crippen LogP contribution in [0.3, 0.4) is 0 Å². The van der Waals surface area contributed by atoms with Crippen molar-refractivity contribution in [2.45, 2.75) is 13.1 Å². The van der Waals surface area contributed by atoms with E-state index >= 15 is 0 Å². The van der Waals surface area contributed by atoms with E-state index in [0.717, 1.165) is 6.54 Å². The quantitative estimate of drug-likeness (QED) is 0.873. The van der Waals surface area contributed by atoms with Gasteiger partial charge in [0.15, 0.2) is 0 Å². The Morgan fingerprint density at radius 3 is 2.53 bits per heavy atom. The Bertz CT molecular complexity index is 471. The highest BCUT2D eigenvalue weighted by Crippen LogP contribution is 2.15. The van der Waals surface area contributed by atoms with E-state index in [0.29, 0.717) is 12.2 Å². The first-order valence-electron chi connectivity index (χ1n) is 5.61. The molecule has 3 heteroatoms. The topological polar surface area (TPSA) is 36.4 Å². The molecule has 0 spiro atoms. The number of rotatable bonds is 4. The van der Waals surface area contributed by atoms with Crippen LogP contribution in [-0.2, 0) is 13.1 Å².